The molecule has 6 aliphatic rings. The third-order valence-electron chi connectivity index (χ3n) is 12.5. The van der Waals surface area contributed by atoms with E-state index in [2.05, 4.69) is 31.1 Å². The molecular formula is C30H41N3O2. The van der Waals surface area contributed by atoms with Gasteiger partial charge in [0.05, 0.1) is 12.6 Å². The summed E-state index contributed by atoms with van der Waals surface area (Å²) in [5.41, 5.74) is 2.27. The Morgan fingerprint density at radius 3 is 2.77 bits per heavy atom. The van der Waals surface area contributed by atoms with E-state index in [1.165, 1.54) is 51.4 Å². The first kappa shape index (κ1) is 22.3. The summed E-state index contributed by atoms with van der Waals surface area (Å²) in [4.78, 5) is 14.0. The highest BCUT2D eigenvalue weighted by Crippen LogP contribution is 2.83. The minimum Gasteiger partial charge on any atom is -0.497 e. The molecule has 188 valence electrons. The number of ketones is 1. The molecule has 0 aliphatic heterocycles. The van der Waals surface area contributed by atoms with Crippen LogP contribution in [0.15, 0.2) is 18.2 Å². The van der Waals surface area contributed by atoms with Gasteiger partial charge in [-0.2, -0.15) is 0 Å². The minimum atomic E-state index is 0.156. The highest BCUT2D eigenvalue weighted by molar-refractivity contribution is 5.85. The molecule has 6 fully saturated rings. The fourth-order valence-corrected chi connectivity index (χ4v) is 11.1. The van der Waals surface area contributed by atoms with Gasteiger partial charge in [0, 0.05) is 12.0 Å². The van der Waals surface area contributed by atoms with Crippen molar-refractivity contribution in [2.24, 2.45) is 58.2 Å². The summed E-state index contributed by atoms with van der Waals surface area (Å²) in [5, 5.41) is 8.70. The van der Waals surface area contributed by atoms with Gasteiger partial charge in [0.2, 0.25) is 0 Å². The van der Waals surface area contributed by atoms with E-state index in [1.807, 2.05) is 22.9 Å². The lowest BCUT2D eigenvalue weighted by molar-refractivity contribution is -0.170. The summed E-state index contributed by atoms with van der Waals surface area (Å²) in [6.45, 7) is 7.85. The van der Waals surface area contributed by atoms with Gasteiger partial charge in [-0.3, -0.25) is 4.79 Å². The SMILES string of the molecule is COc1ccc2c(c1)nnn2CC(=O)[C@H]1[C@@H]2C[C@@]3(C4CC[C@@H]5C[C@@H](C)CCC5C4CC[C@]13C)[C@@H]2C. The number of carbonyl (C=O) groups is 1. The molecule has 1 spiro atoms. The maximum atomic E-state index is 14.0. The van der Waals surface area contributed by atoms with Crippen molar-refractivity contribution in [2.75, 3.05) is 7.11 Å². The number of fused-ring (bicyclic) bond motifs is 4. The molecule has 3 unspecified atom stereocenters. The van der Waals surface area contributed by atoms with E-state index in [1.54, 1.807) is 7.11 Å². The predicted octanol–water partition coefficient (Wildman–Crippen LogP) is 6.16. The van der Waals surface area contributed by atoms with Crippen LogP contribution in [0.2, 0.25) is 0 Å². The van der Waals surface area contributed by atoms with Crippen molar-refractivity contribution in [1.29, 1.82) is 0 Å². The van der Waals surface area contributed by atoms with Crippen LogP contribution in [0, 0.1) is 58.2 Å². The number of ether oxygens (including phenoxy) is 1. The number of carbonyl (C=O) groups excluding carboxylic acids is 1. The Morgan fingerprint density at radius 1 is 1.11 bits per heavy atom. The van der Waals surface area contributed by atoms with Gasteiger partial charge in [-0.1, -0.05) is 32.4 Å². The zero-order chi connectivity index (χ0) is 24.1. The topological polar surface area (TPSA) is 57.0 Å². The number of rotatable bonds is 4. The summed E-state index contributed by atoms with van der Waals surface area (Å²) in [5.74, 6) is 7.22. The lowest BCUT2D eigenvalue weighted by Gasteiger charge is -2.65. The number of methoxy groups -OCH3 is 1. The van der Waals surface area contributed by atoms with E-state index < -0.39 is 0 Å². The average molecular weight is 476 g/mol. The lowest BCUT2D eigenvalue weighted by atomic mass is 9.39. The van der Waals surface area contributed by atoms with Crippen LogP contribution in [0.25, 0.3) is 11.0 Å². The lowest BCUT2D eigenvalue weighted by Crippen LogP contribution is -2.59. The highest BCUT2D eigenvalue weighted by atomic mass is 16.5. The number of benzene rings is 1. The van der Waals surface area contributed by atoms with Crippen molar-refractivity contribution < 1.29 is 9.53 Å². The number of hydrogen-bond acceptors (Lipinski definition) is 4. The molecule has 0 N–H and O–H groups in total. The van der Waals surface area contributed by atoms with E-state index in [-0.39, 0.29) is 11.3 Å². The van der Waals surface area contributed by atoms with Gasteiger partial charge in [-0.15, -0.1) is 5.10 Å². The van der Waals surface area contributed by atoms with Crippen molar-refractivity contribution in [1.82, 2.24) is 15.0 Å². The normalized spacial score (nSPS) is 45.8. The van der Waals surface area contributed by atoms with Crippen molar-refractivity contribution >= 4 is 16.8 Å². The molecule has 6 aliphatic carbocycles. The maximum absolute atomic E-state index is 14.0. The van der Waals surface area contributed by atoms with Crippen LogP contribution < -0.4 is 4.74 Å². The summed E-state index contributed by atoms with van der Waals surface area (Å²) >= 11 is 0. The first-order valence-corrected chi connectivity index (χ1v) is 14.3. The molecule has 6 saturated carbocycles. The van der Waals surface area contributed by atoms with E-state index >= 15 is 0 Å². The Bertz CT molecular complexity index is 1170. The fourth-order valence-electron chi connectivity index (χ4n) is 11.1. The highest BCUT2D eigenvalue weighted by Gasteiger charge is 2.78. The second kappa shape index (κ2) is 7.55. The molecule has 1 aromatic heterocycles. The zero-order valence-corrected chi connectivity index (χ0v) is 21.9. The molecule has 10 atom stereocenters. The summed E-state index contributed by atoms with van der Waals surface area (Å²) in [6.07, 6.45) is 11.1. The Labute approximate surface area is 209 Å². The molecule has 35 heavy (non-hydrogen) atoms. The Balaban J connectivity index is 1.17. The second-order valence-corrected chi connectivity index (χ2v) is 13.4. The van der Waals surface area contributed by atoms with Crippen molar-refractivity contribution in [3.05, 3.63) is 18.2 Å². The van der Waals surface area contributed by atoms with Crippen LogP contribution in [0.3, 0.4) is 0 Å². The molecule has 2 bridgehead atoms. The second-order valence-electron chi connectivity index (χ2n) is 13.4. The molecule has 2 aromatic rings. The van der Waals surface area contributed by atoms with E-state index in [4.69, 9.17) is 4.74 Å². The van der Waals surface area contributed by atoms with Gasteiger partial charge in [0.1, 0.15) is 17.8 Å². The van der Waals surface area contributed by atoms with Crippen molar-refractivity contribution in [3.8, 4) is 5.75 Å². The maximum Gasteiger partial charge on any atom is 0.158 e. The molecule has 0 saturated heterocycles. The van der Waals surface area contributed by atoms with Crippen LogP contribution >= 0.6 is 0 Å². The molecule has 0 radical (unpaired) electrons. The van der Waals surface area contributed by atoms with E-state index in [9.17, 15) is 4.79 Å². The Morgan fingerprint density at radius 2 is 1.97 bits per heavy atom. The predicted molar refractivity (Wildman–Crippen MR) is 136 cm³/mol. The van der Waals surface area contributed by atoms with Gasteiger partial charge >= 0.3 is 0 Å². The average Bonchev–Trinajstić information content (AvgIpc) is 3.45. The van der Waals surface area contributed by atoms with Crippen LogP contribution in [-0.2, 0) is 11.3 Å². The van der Waals surface area contributed by atoms with E-state index in [0.29, 0.717) is 29.6 Å². The third kappa shape index (κ3) is 2.79. The van der Waals surface area contributed by atoms with Crippen LogP contribution in [0.4, 0.5) is 0 Å². The fraction of sp³-hybridized carbons (Fsp3) is 0.767. The van der Waals surface area contributed by atoms with Crippen molar-refractivity contribution in [3.63, 3.8) is 0 Å². The summed E-state index contributed by atoms with van der Waals surface area (Å²) < 4.78 is 7.16. The monoisotopic (exact) mass is 475 g/mol. The summed E-state index contributed by atoms with van der Waals surface area (Å²) in [7, 11) is 1.66. The van der Waals surface area contributed by atoms with Gasteiger partial charge in [0.25, 0.3) is 0 Å². The Kier molecular flexibility index (Phi) is 4.81. The van der Waals surface area contributed by atoms with Gasteiger partial charge in [0.15, 0.2) is 5.78 Å². The molecule has 0 amide bonds. The van der Waals surface area contributed by atoms with E-state index in [0.717, 1.165) is 46.4 Å². The Hall–Kier alpha value is -1.91. The minimum absolute atomic E-state index is 0.156. The number of hydrogen-bond donors (Lipinski definition) is 0. The third-order valence-corrected chi connectivity index (χ3v) is 12.5. The quantitative estimate of drug-likeness (QED) is 0.531. The number of Topliss-reactive ketones (excluding diaryl/α,β-unsaturated/α-hetero) is 1. The number of nitrogens with zero attached hydrogens (tertiary/aromatic N) is 3. The first-order chi connectivity index (χ1) is 16.9. The van der Waals surface area contributed by atoms with Crippen LogP contribution in [0.5, 0.6) is 5.75 Å². The first-order valence-electron chi connectivity index (χ1n) is 14.3. The number of aromatic nitrogens is 3. The zero-order valence-electron chi connectivity index (χ0n) is 21.9. The molecule has 1 aromatic carbocycles. The largest absolute Gasteiger partial charge is 0.497 e. The van der Waals surface area contributed by atoms with Crippen LogP contribution in [-0.4, -0.2) is 27.9 Å². The smallest absolute Gasteiger partial charge is 0.158 e. The van der Waals surface area contributed by atoms with Crippen LogP contribution in [0.1, 0.15) is 72.1 Å². The van der Waals surface area contributed by atoms with Gasteiger partial charge in [-0.25, -0.2) is 4.68 Å². The molecular weight excluding hydrogens is 434 g/mol. The van der Waals surface area contributed by atoms with Crippen molar-refractivity contribution in [2.45, 2.75) is 78.7 Å². The van der Waals surface area contributed by atoms with Gasteiger partial charge < -0.3 is 4.74 Å². The molecule has 5 heteroatoms. The molecule has 8 rings (SSSR count). The van der Waals surface area contributed by atoms with Gasteiger partial charge in [-0.05, 0) is 109 Å². The standard InChI is InChI=1S/C30H41N3O2/c1-17-5-8-21-19(13-17)6-9-24-22(21)11-12-29(3)28(23-15-30(24,29)18(23)2)27(34)16-33-26-10-7-20(35-4)14-25(26)31-32-33/h7,10,14,17-19,21-24,28H,5-6,8-9,11-13,15-16H2,1-4H3/t17-,18+,19+,21?,22?,23+,24?,28+,29+,30-/m0/s1. The molecule has 5 nitrogen and oxygen atoms in total. The summed E-state index contributed by atoms with van der Waals surface area (Å²) in [6, 6.07) is 5.81. The molecule has 1 heterocycles.